The molecule has 0 atom stereocenters. The van der Waals surface area contributed by atoms with Gasteiger partial charge in [0.1, 0.15) is 5.82 Å². The molecule has 0 amide bonds. The highest BCUT2D eigenvalue weighted by Gasteiger charge is 2.46. The first-order valence-electron chi connectivity index (χ1n) is 6.43. The summed E-state index contributed by atoms with van der Waals surface area (Å²) in [6.45, 7) is 2.44. The molecule has 2 heterocycles. The monoisotopic (exact) mass is 235 g/mol. The molecular weight excluding hydrogens is 218 g/mol. The maximum atomic E-state index is 4.72. The molecule has 3 nitrogen and oxygen atoms in total. The minimum atomic E-state index is 0.684. The molecule has 0 radical (unpaired) electrons. The first-order chi connectivity index (χ1) is 7.85. The summed E-state index contributed by atoms with van der Waals surface area (Å²) >= 11 is 1.62. The molecule has 3 fully saturated rings. The van der Waals surface area contributed by atoms with E-state index in [-0.39, 0.29) is 0 Å². The Morgan fingerprint density at radius 2 is 2.12 bits per heavy atom. The van der Waals surface area contributed by atoms with Crippen molar-refractivity contribution in [3.63, 3.8) is 0 Å². The van der Waals surface area contributed by atoms with Crippen LogP contribution in [0, 0.1) is 5.41 Å². The molecule has 1 aromatic heterocycles. The van der Waals surface area contributed by atoms with Crippen molar-refractivity contribution in [1.82, 2.24) is 9.36 Å². The third-order valence-electron chi connectivity index (χ3n) is 4.26. The molecule has 0 N–H and O–H groups in total. The van der Waals surface area contributed by atoms with Crippen LogP contribution in [0.2, 0.25) is 0 Å². The van der Waals surface area contributed by atoms with Crippen LogP contribution in [0.5, 0.6) is 0 Å². The normalized spacial score (nSPS) is 27.4. The van der Waals surface area contributed by atoms with Gasteiger partial charge in [-0.2, -0.15) is 4.37 Å². The molecule has 2 saturated carbocycles. The Morgan fingerprint density at radius 3 is 2.88 bits per heavy atom. The van der Waals surface area contributed by atoms with Crippen molar-refractivity contribution in [3.8, 4) is 0 Å². The first-order valence-corrected chi connectivity index (χ1v) is 7.21. The van der Waals surface area contributed by atoms with Crippen molar-refractivity contribution in [2.45, 2.75) is 44.4 Å². The Kier molecular flexibility index (Phi) is 1.87. The second kappa shape index (κ2) is 3.19. The van der Waals surface area contributed by atoms with Crippen LogP contribution in [0.3, 0.4) is 0 Å². The molecule has 16 heavy (non-hydrogen) atoms. The third kappa shape index (κ3) is 1.54. The van der Waals surface area contributed by atoms with Crippen LogP contribution in [-0.4, -0.2) is 22.4 Å². The highest BCUT2D eigenvalue weighted by molar-refractivity contribution is 7.09. The predicted molar refractivity (Wildman–Crippen MR) is 65.0 cm³/mol. The minimum Gasteiger partial charge on any atom is -0.346 e. The van der Waals surface area contributed by atoms with Gasteiger partial charge < -0.3 is 4.90 Å². The summed E-state index contributed by atoms with van der Waals surface area (Å²) in [5, 5.41) is 1.19. The molecule has 3 aliphatic rings. The van der Waals surface area contributed by atoms with Crippen LogP contribution >= 0.6 is 11.5 Å². The molecule has 1 aliphatic heterocycles. The fraction of sp³-hybridized carbons (Fsp3) is 0.833. The second-order valence-corrected chi connectivity index (χ2v) is 6.46. The number of anilines is 1. The lowest BCUT2D eigenvalue weighted by Crippen LogP contribution is -2.36. The van der Waals surface area contributed by atoms with Gasteiger partial charge in [-0.25, -0.2) is 4.98 Å². The van der Waals surface area contributed by atoms with Gasteiger partial charge >= 0.3 is 0 Å². The van der Waals surface area contributed by atoms with Crippen LogP contribution in [0.25, 0.3) is 0 Å². The van der Waals surface area contributed by atoms with E-state index in [1.807, 2.05) is 0 Å². The highest BCUT2D eigenvalue weighted by Crippen LogP contribution is 2.52. The summed E-state index contributed by atoms with van der Waals surface area (Å²) < 4.78 is 4.51. The second-order valence-electron chi connectivity index (χ2n) is 5.73. The maximum absolute atomic E-state index is 4.72. The number of aromatic nitrogens is 2. The SMILES string of the molecule is C1CN(c2nc(C3CC3)ns2)CC2(C1)CC2. The van der Waals surface area contributed by atoms with E-state index in [0.29, 0.717) is 11.3 Å². The van der Waals surface area contributed by atoms with E-state index in [0.717, 1.165) is 5.82 Å². The molecule has 0 bridgehead atoms. The van der Waals surface area contributed by atoms with Crippen molar-refractivity contribution in [1.29, 1.82) is 0 Å². The molecule has 0 aromatic carbocycles. The topological polar surface area (TPSA) is 29.0 Å². The van der Waals surface area contributed by atoms with Gasteiger partial charge in [0.15, 0.2) is 0 Å². The zero-order valence-electron chi connectivity index (χ0n) is 9.48. The lowest BCUT2D eigenvalue weighted by molar-refractivity contribution is 0.395. The molecule has 1 saturated heterocycles. The number of hydrogen-bond acceptors (Lipinski definition) is 4. The standard InChI is InChI=1S/C12H17N3S/c1-4-12(5-6-12)8-15(7-1)11-13-10(14-16-11)9-2-3-9/h9H,1-8H2. The molecular formula is C12H17N3S. The van der Waals surface area contributed by atoms with E-state index >= 15 is 0 Å². The summed E-state index contributed by atoms with van der Waals surface area (Å²) in [6.07, 6.45) is 8.28. The maximum Gasteiger partial charge on any atom is 0.205 e. The van der Waals surface area contributed by atoms with Crippen molar-refractivity contribution in [2.75, 3.05) is 18.0 Å². The van der Waals surface area contributed by atoms with Crippen LogP contribution in [0.15, 0.2) is 0 Å². The average molecular weight is 235 g/mol. The lowest BCUT2D eigenvalue weighted by atomic mass is 9.95. The smallest absolute Gasteiger partial charge is 0.205 e. The highest BCUT2D eigenvalue weighted by atomic mass is 32.1. The molecule has 0 unspecified atom stereocenters. The van der Waals surface area contributed by atoms with E-state index in [1.165, 1.54) is 56.7 Å². The van der Waals surface area contributed by atoms with E-state index < -0.39 is 0 Å². The Bertz CT molecular complexity index is 406. The zero-order valence-corrected chi connectivity index (χ0v) is 10.3. The summed E-state index contributed by atoms with van der Waals surface area (Å²) in [5.41, 5.74) is 0.684. The molecule has 1 aromatic rings. The van der Waals surface area contributed by atoms with Crippen LogP contribution < -0.4 is 4.90 Å². The zero-order chi connectivity index (χ0) is 10.6. The van der Waals surface area contributed by atoms with Crippen molar-refractivity contribution in [2.24, 2.45) is 5.41 Å². The van der Waals surface area contributed by atoms with Gasteiger partial charge in [0.2, 0.25) is 5.13 Å². The van der Waals surface area contributed by atoms with Crippen LogP contribution in [-0.2, 0) is 0 Å². The van der Waals surface area contributed by atoms with Crippen LogP contribution in [0.1, 0.15) is 50.3 Å². The summed E-state index contributed by atoms with van der Waals surface area (Å²) in [6, 6.07) is 0. The van der Waals surface area contributed by atoms with Gasteiger partial charge in [-0.15, -0.1) is 0 Å². The van der Waals surface area contributed by atoms with Crippen molar-refractivity contribution >= 4 is 16.7 Å². The van der Waals surface area contributed by atoms with Gasteiger partial charge in [0, 0.05) is 30.5 Å². The Morgan fingerprint density at radius 1 is 1.25 bits per heavy atom. The van der Waals surface area contributed by atoms with Gasteiger partial charge in [-0.1, -0.05) is 0 Å². The van der Waals surface area contributed by atoms with Crippen molar-refractivity contribution < 1.29 is 0 Å². The Labute approximate surface area is 100 Å². The van der Waals surface area contributed by atoms with E-state index in [2.05, 4.69) is 9.27 Å². The number of nitrogens with zero attached hydrogens (tertiary/aromatic N) is 3. The predicted octanol–water partition coefficient (Wildman–Crippen LogP) is 2.80. The summed E-state index contributed by atoms with van der Waals surface area (Å²) in [4.78, 5) is 7.21. The van der Waals surface area contributed by atoms with Gasteiger partial charge in [-0.05, 0) is 43.9 Å². The van der Waals surface area contributed by atoms with Crippen molar-refractivity contribution in [3.05, 3.63) is 5.82 Å². The summed E-state index contributed by atoms with van der Waals surface area (Å²) in [7, 11) is 0. The fourth-order valence-electron chi connectivity index (χ4n) is 2.82. The molecule has 4 heteroatoms. The largest absolute Gasteiger partial charge is 0.346 e. The number of hydrogen-bond donors (Lipinski definition) is 0. The van der Waals surface area contributed by atoms with Gasteiger partial charge in [-0.3, -0.25) is 0 Å². The number of piperidine rings is 1. The van der Waals surface area contributed by atoms with E-state index in [1.54, 1.807) is 11.5 Å². The van der Waals surface area contributed by atoms with E-state index in [4.69, 9.17) is 4.98 Å². The van der Waals surface area contributed by atoms with E-state index in [9.17, 15) is 0 Å². The fourth-order valence-corrected chi connectivity index (χ4v) is 3.59. The molecule has 4 rings (SSSR count). The first kappa shape index (κ1) is 9.40. The molecule has 86 valence electrons. The van der Waals surface area contributed by atoms with Gasteiger partial charge in [0.05, 0.1) is 0 Å². The lowest BCUT2D eigenvalue weighted by Gasteiger charge is -2.32. The molecule has 1 spiro atoms. The number of rotatable bonds is 2. The average Bonchev–Trinajstić information content (AvgIpc) is 3.23. The van der Waals surface area contributed by atoms with Crippen LogP contribution in [0.4, 0.5) is 5.13 Å². The summed E-state index contributed by atoms with van der Waals surface area (Å²) in [5.74, 6) is 1.82. The quantitative estimate of drug-likeness (QED) is 0.789. The third-order valence-corrected chi connectivity index (χ3v) is 5.05. The Hall–Kier alpha value is -0.640. The Balaban J connectivity index is 1.54. The molecule has 2 aliphatic carbocycles. The minimum absolute atomic E-state index is 0.684. The van der Waals surface area contributed by atoms with Gasteiger partial charge in [0.25, 0.3) is 0 Å².